The molecule has 0 radical (unpaired) electrons. The molecule has 1 amide bonds. The average molecular weight is 370 g/mol. The molecule has 0 fully saturated rings. The Morgan fingerprint density at radius 2 is 1.92 bits per heavy atom. The van der Waals surface area contributed by atoms with Crippen LogP contribution in [0, 0.1) is 13.8 Å². The summed E-state index contributed by atoms with van der Waals surface area (Å²) >= 11 is 5.77. The fraction of sp³-hybridized carbons (Fsp3) is 0.238. The second kappa shape index (κ2) is 8.68. The number of benzene rings is 2. The monoisotopic (exact) mass is 369 g/mol. The molecule has 0 aliphatic carbocycles. The number of amides is 1. The minimum atomic E-state index is -0.115. The van der Waals surface area contributed by atoms with E-state index in [1.165, 1.54) is 0 Å². The summed E-state index contributed by atoms with van der Waals surface area (Å²) in [5, 5.41) is 6.57. The number of carbonyl (C=O) groups is 1. The van der Waals surface area contributed by atoms with Gasteiger partial charge in [0.15, 0.2) is 0 Å². The van der Waals surface area contributed by atoms with E-state index in [1.54, 1.807) is 6.92 Å². The molecule has 0 saturated heterocycles. The van der Waals surface area contributed by atoms with Gasteiger partial charge in [0.2, 0.25) is 0 Å². The van der Waals surface area contributed by atoms with Crippen molar-refractivity contribution in [3.05, 3.63) is 77.1 Å². The topological polar surface area (TPSA) is 53.5 Å². The lowest BCUT2D eigenvalue weighted by atomic mass is 10.0. The number of aliphatic imine (C=N–C) groups is 1. The third-order valence-electron chi connectivity index (χ3n) is 3.95. The van der Waals surface area contributed by atoms with Gasteiger partial charge in [0.1, 0.15) is 11.0 Å². The first-order valence-corrected chi connectivity index (χ1v) is 8.79. The van der Waals surface area contributed by atoms with Gasteiger partial charge in [-0.2, -0.15) is 0 Å². The molecule has 2 aromatic rings. The number of nitrogens with one attached hydrogen (secondary N) is 2. The second-order valence-corrected chi connectivity index (χ2v) is 6.87. The largest absolute Gasteiger partial charge is 0.364 e. The molecule has 0 aliphatic heterocycles. The number of halogens is 1. The van der Waals surface area contributed by atoms with Gasteiger partial charge in [-0.05, 0) is 57.0 Å². The van der Waals surface area contributed by atoms with Gasteiger partial charge in [0.25, 0.3) is 5.91 Å². The maximum absolute atomic E-state index is 12.6. The molecule has 0 bridgehead atoms. The normalized spacial score (nSPS) is 12.4. The Balaban J connectivity index is 2.13. The molecule has 0 aliphatic rings. The lowest BCUT2D eigenvalue weighted by molar-refractivity contribution is 0.102. The van der Waals surface area contributed by atoms with E-state index in [4.69, 9.17) is 11.6 Å². The van der Waals surface area contributed by atoms with Crippen molar-refractivity contribution in [2.45, 2.75) is 33.7 Å². The van der Waals surface area contributed by atoms with Crippen molar-refractivity contribution < 1.29 is 4.79 Å². The first-order chi connectivity index (χ1) is 12.3. The molecule has 2 aromatic carbocycles. The molecule has 2 N–H and O–H groups in total. The van der Waals surface area contributed by atoms with Gasteiger partial charge in [-0.3, -0.25) is 4.79 Å². The zero-order chi connectivity index (χ0) is 19.3. The van der Waals surface area contributed by atoms with Gasteiger partial charge < -0.3 is 10.6 Å². The Morgan fingerprint density at radius 1 is 1.19 bits per heavy atom. The van der Waals surface area contributed by atoms with E-state index in [-0.39, 0.29) is 11.9 Å². The van der Waals surface area contributed by atoms with Gasteiger partial charge in [0, 0.05) is 17.3 Å². The van der Waals surface area contributed by atoms with Crippen LogP contribution in [0.4, 0.5) is 5.69 Å². The van der Waals surface area contributed by atoms with E-state index in [2.05, 4.69) is 22.2 Å². The summed E-state index contributed by atoms with van der Waals surface area (Å²) < 4.78 is 0. The highest BCUT2D eigenvalue weighted by Crippen LogP contribution is 2.20. The van der Waals surface area contributed by atoms with E-state index in [1.807, 2.05) is 63.2 Å². The van der Waals surface area contributed by atoms with Crippen molar-refractivity contribution in [2.24, 2.45) is 4.99 Å². The van der Waals surface area contributed by atoms with Crippen molar-refractivity contribution in [2.75, 3.05) is 5.32 Å². The Bertz CT molecular complexity index is 854. The van der Waals surface area contributed by atoms with Gasteiger partial charge in [-0.1, -0.05) is 48.0 Å². The first-order valence-electron chi connectivity index (χ1n) is 8.41. The zero-order valence-electron chi connectivity index (χ0n) is 15.6. The molecule has 26 heavy (non-hydrogen) atoms. The Kier molecular flexibility index (Phi) is 6.58. The number of carbonyl (C=O) groups excluding carboxylic acids is 1. The maximum Gasteiger partial charge on any atom is 0.255 e. The molecule has 0 spiro atoms. The lowest BCUT2D eigenvalue weighted by Gasteiger charge is -2.16. The van der Waals surface area contributed by atoms with E-state index in [9.17, 15) is 4.79 Å². The van der Waals surface area contributed by atoms with E-state index >= 15 is 0 Å². The number of aryl methyl sites for hydroxylation is 2. The molecular weight excluding hydrogens is 346 g/mol. The minimum Gasteiger partial charge on any atom is -0.364 e. The van der Waals surface area contributed by atoms with Crippen molar-refractivity contribution in [1.82, 2.24) is 5.32 Å². The summed E-state index contributed by atoms with van der Waals surface area (Å²) in [6, 6.07) is 13.5. The zero-order valence-corrected chi connectivity index (χ0v) is 16.3. The summed E-state index contributed by atoms with van der Waals surface area (Å²) in [4.78, 5) is 16.7. The fourth-order valence-electron chi connectivity index (χ4n) is 2.62. The highest BCUT2D eigenvalue weighted by Gasteiger charge is 2.11. The van der Waals surface area contributed by atoms with E-state index in [0.717, 1.165) is 22.4 Å². The van der Waals surface area contributed by atoms with Gasteiger partial charge in [-0.25, -0.2) is 4.99 Å². The summed E-state index contributed by atoms with van der Waals surface area (Å²) in [5.41, 5.74) is 4.43. The highest BCUT2D eigenvalue weighted by molar-refractivity contribution is 6.64. The predicted molar refractivity (Wildman–Crippen MR) is 110 cm³/mol. The molecular formula is C21H24ClN3O. The molecule has 2 rings (SSSR count). The molecule has 4 nitrogen and oxygen atoms in total. The van der Waals surface area contributed by atoms with Gasteiger partial charge in [0.05, 0.1) is 0 Å². The van der Waals surface area contributed by atoms with Gasteiger partial charge in [-0.15, -0.1) is 0 Å². The predicted octanol–water partition coefficient (Wildman–Crippen LogP) is 5.33. The average Bonchev–Trinajstić information content (AvgIpc) is 2.56. The van der Waals surface area contributed by atoms with E-state index in [0.29, 0.717) is 16.6 Å². The third kappa shape index (κ3) is 5.46. The van der Waals surface area contributed by atoms with Gasteiger partial charge >= 0.3 is 0 Å². The molecule has 5 heteroatoms. The quantitative estimate of drug-likeness (QED) is 0.675. The van der Waals surface area contributed by atoms with Crippen molar-refractivity contribution in [3.8, 4) is 0 Å². The maximum atomic E-state index is 12.6. The van der Waals surface area contributed by atoms with Crippen molar-refractivity contribution >= 4 is 28.4 Å². The summed E-state index contributed by atoms with van der Waals surface area (Å²) in [6.45, 7) is 11.4. The van der Waals surface area contributed by atoms with Crippen LogP contribution in [0.3, 0.4) is 0 Å². The third-order valence-corrected chi connectivity index (χ3v) is 4.04. The van der Waals surface area contributed by atoms with Crippen LogP contribution in [0.1, 0.15) is 46.9 Å². The van der Waals surface area contributed by atoms with Crippen molar-refractivity contribution in [3.63, 3.8) is 0 Å². The molecule has 1 atom stereocenters. The van der Waals surface area contributed by atoms with Crippen LogP contribution in [-0.2, 0) is 0 Å². The smallest absolute Gasteiger partial charge is 0.255 e. The first kappa shape index (κ1) is 19.7. The van der Waals surface area contributed by atoms with Crippen LogP contribution in [0.5, 0.6) is 0 Å². The Labute approximate surface area is 160 Å². The molecule has 0 aromatic heterocycles. The Hall–Kier alpha value is -2.59. The number of nitrogens with zero attached hydrogens (tertiary/aromatic N) is 1. The summed E-state index contributed by atoms with van der Waals surface area (Å²) in [7, 11) is 0. The summed E-state index contributed by atoms with van der Waals surface area (Å²) in [5.74, 6) is 0.380. The van der Waals surface area contributed by atoms with Crippen LogP contribution in [0.2, 0.25) is 0 Å². The minimum absolute atomic E-state index is 0.0279. The molecule has 0 saturated carbocycles. The Morgan fingerprint density at radius 3 is 2.62 bits per heavy atom. The molecule has 1 unspecified atom stereocenters. The SMILES string of the molecule is C=C(N=C(C)Cl)NC(C)c1cccc(NC(=O)c2cc(C)ccc2C)c1. The number of hydrogen-bond donors (Lipinski definition) is 2. The summed E-state index contributed by atoms with van der Waals surface area (Å²) in [6.07, 6.45) is 0. The fourth-order valence-corrected chi connectivity index (χ4v) is 2.72. The van der Waals surface area contributed by atoms with Crippen LogP contribution in [0.15, 0.2) is 59.9 Å². The molecule has 0 heterocycles. The number of rotatable bonds is 6. The second-order valence-electron chi connectivity index (χ2n) is 6.32. The van der Waals surface area contributed by atoms with Crippen LogP contribution in [-0.4, -0.2) is 11.1 Å². The van der Waals surface area contributed by atoms with Crippen LogP contribution >= 0.6 is 11.6 Å². The van der Waals surface area contributed by atoms with Crippen LogP contribution in [0.25, 0.3) is 0 Å². The number of hydrogen-bond acceptors (Lipinski definition) is 3. The lowest BCUT2D eigenvalue weighted by Crippen LogP contribution is -2.18. The van der Waals surface area contributed by atoms with Crippen LogP contribution < -0.4 is 10.6 Å². The number of anilines is 1. The standard InChI is InChI=1S/C21H24ClN3O/c1-13-9-10-14(2)20(11-13)21(26)25-19-8-6-7-18(12-19)15(3)23-17(5)24-16(4)22/h6-12,15,23H,5H2,1-4H3,(H,25,26). The molecule has 136 valence electrons. The van der Waals surface area contributed by atoms with Crippen molar-refractivity contribution in [1.29, 1.82) is 0 Å². The highest BCUT2D eigenvalue weighted by atomic mass is 35.5. The van der Waals surface area contributed by atoms with E-state index < -0.39 is 0 Å².